The van der Waals surface area contributed by atoms with Crippen LogP contribution in [0.4, 0.5) is 0 Å². The SMILES string of the molecule is CCOC(=O)C1=C(C)N=c2s/c(=C/c3cc(Br)c(OCc4cccc5ccccc45)c(OC)c3)c(=O)n2C1c1ccc2c(c1)OCO2. The summed E-state index contributed by atoms with van der Waals surface area (Å²) in [6.45, 7) is 4.13. The summed E-state index contributed by atoms with van der Waals surface area (Å²) in [6.07, 6.45) is 1.78. The van der Waals surface area contributed by atoms with Gasteiger partial charge in [0.15, 0.2) is 27.8 Å². The Kier molecular flexibility index (Phi) is 8.33. The summed E-state index contributed by atoms with van der Waals surface area (Å²) in [6, 6.07) is 22.6. The van der Waals surface area contributed by atoms with Crippen LogP contribution in [0, 0.1) is 0 Å². The molecule has 0 spiro atoms. The molecule has 2 aliphatic heterocycles. The quantitative estimate of drug-likeness (QED) is 0.181. The van der Waals surface area contributed by atoms with E-state index in [4.69, 9.17) is 23.7 Å². The Labute approximate surface area is 282 Å². The van der Waals surface area contributed by atoms with Gasteiger partial charge in [0.1, 0.15) is 6.61 Å². The number of hydrogen-bond acceptors (Lipinski definition) is 9. The molecule has 0 aliphatic carbocycles. The number of nitrogens with zero attached hydrogens (tertiary/aromatic N) is 2. The number of fused-ring (bicyclic) bond motifs is 3. The highest BCUT2D eigenvalue weighted by atomic mass is 79.9. The number of rotatable bonds is 8. The van der Waals surface area contributed by atoms with Gasteiger partial charge in [-0.2, -0.15) is 0 Å². The molecule has 0 saturated carbocycles. The normalized spacial score (nSPS) is 15.4. The first-order chi connectivity index (χ1) is 22.9. The van der Waals surface area contributed by atoms with E-state index in [0.717, 1.165) is 21.9 Å². The summed E-state index contributed by atoms with van der Waals surface area (Å²) in [5.41, 5.74) is 2.93. The number of hydrogen-bond donors (Lipinski definition) is 0. The largest absolute Gasteiger partial charge is 0.493 e. The van der Waals surface area contributed by atoms with Crippen molar-refractivity contribution < 1.29 is 28.5 Å². The second-order valence-corrected chi connectivity index (χ2v) is 12.7. The van der Waals surface area contributed by atoms with Gasteiger partial charge in [0.05, 0.1) is 40.0 Å². The Morgan fingerprint density at radius 1 is 1.09 bits per heavy atom. The minimum atomic E-state index is -0.770. The topological polar surface area (TPSA) is 97.6 Å². The van der Waals surface area contributed by atoms with Gasteiger partial charge in [-0.05, 0) is 87.6 Å². The van der Waals surface area contributed by atoms with Gasteiger partial charge in [-0.15, -0.1) is 0 Å². The zero-order valence-electron chi connectivity index (χ0n) is 25.7. The molecule has 0 amide bonds. The second kappa shape index (κ2) is 12.7. The van der Waals surface area contributed by atoms with Crippen LogP contribution in [0.1, 0.15) is 36.6 Å². The Morgan fingerprint density at radius 3 is 2.72 bits per heavy atom. The average molecular weight is 714 g/mol. The summed E-state index contributed by atoms with van der Waals surface area (Å²) in [7, 11) is 1.58. The summed E-state index contributed by atoms with van der Waals surface area (Å²) < 4.78 is 31.2. The Hall–Kier alpha value is -4.87. The molecule has 1 unspecified atom stereocenters. The Morgan fingerprint density at radius 2 is 1.89 bits per heavy atom. The van der Waals surface area contributed by atoms with E-state index >= 15 is 0 Å². The van der Waals surface area contributed by atoms with Crippen molar-refractivity contribution in [3.63, 3.8) is 0 Å². The molecule has 0 fully saturated rings. The number of ether oxygens (including phenoxy) is 5. The van der Waals surface area contributed by atoms with Crippen LogP contribution in [0.5, 0.6) is 23.0 Å². The molecule has 9 nitrogen and oxygen atoms in total. The number of esters is 1. The number of allylic oxidation sites excluding steroid dienone is 1. The van der Waals surface area contributed by atoms with Gasteiger partial charge in [0, 0.05) is 0 Å². The molecule has 3 heterocycles. The third kappa shape index (κ3) is 5.70. The summed E-state index contributed by atoms with van der Waals surface area (Å²) in [5, 5.41) is 2.26. The lowest BCUT2D eigenvalue weighted by Crippen LogP contribution is -2.39. The molecule has 5 aromatic rings. The van der Waals surface area contributed by atoms with Crippen molar-refractivity contribution >= 4 is 50.1 Å². The molecule has 0 saturated heterocycles. The minimum absolute atomic E-state index is 0.104. The maximum atomic E-state index is 14.1. The van der Waals surface area contributed by atoms with Crippen LogP contribution in [0.3, 0.4) is 0 Å². The maximum Gasteiger partial charge on any atom is 0.338 e. The highest BCUT2D eigenvalue weighted by Gasteiger charge is 2.34. The van der Waals surface area contributed by atoms with Crippen LogP contribution in [0.2, 0.25) is 0 Å². The highest BCUT2D eigenvalue weighted by molar-refractivity contribution is 9.10. The van der Waals surface area contributed by atoms with E-state index in [-0.39, 0.29) is 19.0 Å². The molecule has 7 rings (SSSR count). The number of carbonyl (C=O) groups excluding carboxylic acids is 1. The molecule has 0 N–H and O–H groups in total. The van der Waals surface area contributed by atoms with Crippen LogP contribution in [-0.4, -0.2) is 31.0 Å². The molecule has 238 valence electrons. The summed E-state index contributed by atoms with van der Waals surface area (Å²) in [5.74, 6) is 1.68. The van der Waals surface area contributed by atoms with E-state index in [1.807, 2.05) is 42.5 Å². The standard InChI is InChI=1S/C36H29BrN2O7S/c1-4-43-35(41)31-20(2)38-36-39(32(31)23-12-13-27-28(17-23)46-19-45-27)34(40)30(47-36)16-21-14-26(37)33(29(15-21)42-3)44-18-24-10-7-9-22-8-5-6-11-25(22)24/h5-17,32H,4,18-19H2,1-3H3/b30-16+. The first-order valence-corrected chi connectivity index (χ1v) is 16.5. The Bertz CT molecular complexity index is 2270. The number of halogens is 1. The lowest BCUT2D eigenvalue weighted by Gasteiger charge is -2.24. The van der Waals surface area contributed by atoms with Gasteiger partial charge in [-0.25, -0.2) is 9.79 Å². The molecular weight excluding hydrogens is 684 g/mol. The molecule has 4 aromatic carbocycles. The van der Waals surface area contributed by atoms with E-state index in [2.05, 4.69) is 39.1 Å². The van der Waals surface area contributed by atoms with Crippen molar-refractivity contribution in [2.45, 2.75) is 26.5 Å². The molecule has 0 bridgehead atoms. The van der Waals surface area contributed by atoms with Crippen LogP contribution >= 0.6 is 27.3 Å². The summed E-state index contributed by atoms with van der Waals surface area (Å²) in [4.78, 5) is 32.5. The highest BCUT2D eigenvalue weighted by Crippen LogP contribution is 2.39. The van der Waals surface area contributed by atoms with Crippen molar-refractivity contribution in [3.05, 3.63) is 125 Å². The van der Waals surface area contributed by atoms with E-state index in [1.54, 1.807) is 43.7 Å². The first kappa shape index (κ1) is 30.8. The molecule has 11 heteroatoms. The van der Waals surface area contributed by atoms with Gasteiger partial charge in [-0.3, -0.25) is 9.36 Å². The fourth-order valence-electron chi connectivity index (χ4n) is 5.87. The number of aromatic nitrogens is 1. The number of benzene rings is 4. The molecule has 47 heavy (non-hydrogen) atoms. The van der Waals surface area contributed by atoms with Crippen LogP contribution in [0.15, 0.2) is 98.3 Å². The molecule has 1 aromatic heterocycles. The average Bonchev–Trinajstić information content (AvgIpc) is 3.66. The number of methoxy groups -OCH3 is 1. The van der Waals surface area contributed by atoms with Crippen molar-refractivity contribution in [1.82, 2.24) is 4.57 Å². The van der Waals surface area contributed by atoms with Crippen LogP contribution < -0.4 is 33.8 Å². The predicted octanol–water partition coefficient (Wildman–Crippen LogP) is 6.03. The third-order valence-electron chi connectivity index (χ3n) is 8.03. The lowest BCUT2D eigenvalue weighted by atomic mass is 9.95. The maximum absolute atomic E-state index is 14.1. The minimum Gasteiger partial charge on any atom is -0.493 e. The lowest BCUT2D eigenvalue weighted by molar-refractivity contribution is -0.139. The van der Waals surface area contributed by atoms with Crippen molar-refractivity contribution in [3.8, 4) is 23.0 Å². The first-order valence-electron chi connectivity index (χ1n) is 14.9. The van der Waals surface area contributed by atoms with Gasteiger partial charge in [0.25, 0.3) is 5.56 Å². The zero-order valence-corrected chi connectivity index (χ0v) is 28.1. The van der Waals surface area contributed by atoms with Crippen molar-refractivity contribution in [1.29, 1.82) is 0 Å². The Balaban J connectivity index is 1.27. The molecular formula is C36H29BrN2O7S. The third-order valence-corrected chi connectivity index (χ3v) is 9.60. The molecule has 2 aliphatic rings. The zero-order chi connectivity index (χ0) is 32.7. The van der Waals surface area contributed by atoms with Gasteiger partial charge >= 0.3 is 5.97 Å². The number of carbonyl (C=O) groups is 1. The van der Waals surface area contributed by atoms with Gasteiger partial charge in [0.2, 0.25) is 6.79 Å². The number of thiazole rings is 1. The van der Waals surface area contributed by atoms with Crippen molar-refractivity contribution in [2.75, 3.05) is 20.5 Å². The van der Waals surface area contributed by atoms with Gasteiger partial charge < -0.3 is 23.7 Å². The van der Waals surface area contributed by atoms with Gasteiger partial charge in [-0.1, -0.05) is 59.9 Å². The second-order valence-electron chi connectivity index (χ2n) is 10.9. The smallest absolute Gasteiger partial charge is 0.338 e. The van der Waals surface area contributed by atoms with E-state index in [1.165, 1.54) is 11.3 Å². The predicted molar refractivity (Wildman–Crippen MR) is 182 cm³/mol. The van der Waals surface area contributed by atoms with Crippen LogP contribution in [-0.2, 0) is 16.1 Å². The fourth-order valence-corrected chi connectivity index (χ4v) is 7.49. The fraction of sp³-hybridized carbons (Fsp3) is 0.194. The van der Waals surface area contributed by atoms with Crippen LogP contribution in [0.25, 0.3) is 16.8 Å². The van der Waals surface area contributed by atoms with E-state index < -0.39 is 12.0 Å². The molecule has 1 atom stereocenters. The van der Waals surface area contributed by atoms with E-state index in [0.29, 0.717) is 60.2 Å². The molecule has 0 radical (unpaired) electrons. The monoisotopic (exact) mass is 712 g/mol. The van der Waals surface area contributed by atoms with Crippen molar-refractivity contribution in [2.24, 2.45) is 4.99 Å². The van der Waals surface area contributed by atoms with E-state index in [9.17, 15) is 9.59 Å². The summed E-state index contributed by atoms with van der Waals surface area (Å²) >= 11 is 4.90.